The average molecular weight is 1110 g/mol. The van der Waals surface area contributed by atoms with E-state index in [0.717, 1.165) is 83.5 Å². The van der Waals surface area contributed by atoms with Crippen molar-refractivity contribution >= 4 is 17.9 Å². The molecule has 0 aromatic carbocycles. The fraction of sp³-hybridized carbons (Fsp3) is 0.849. The summed E-state index contributed by atoms with van der Waals surface area (Å²) in [5.41, 5.74) is 0. The number of allylic oxidation sites excluding steroid dienone is 8. The molecule has 1 unspecified atom stereocenters. The van der Waals surface area contributed by atoms with Crippen LogP contribution in [-0.4, -0.2) is 37.2 Å². The smallest absolute Gasteiger partial charge is 0.306 e. The number of carbonyl (C=O) groups excluding carboxylic acids is 3. The molecule has 0 bridgehead atoms. The fourth-order valence-electron chi connectivity index (χ4n) is 10.5. The lowest BCUT2D eigenvalue weighted by Crippen LogP contribution is -2.30. The molecule has 0 rings (SSSR count). The minimum atomic E-state index is -0.783. The highest BCUT2D eigenvalue weighted by atomic mass is 16.6. The highest BCUT2D eigenvalue weighted by molar-refractivity contribution is 5.71. The lowest BCUT2D eigenvalue weighted by atomic mass is 10.0. The normalized spacial score (nSPS) is 12.3. The predicted octanol–water partition coefficient (Wildman–Crippen LogP) is 24.1. The molecule has 79 heavy (non-hydrogen) atoms. The van der Waals surface area contributed by atoms with Crippen molar-refractivity contribution in [3.8, 4) is 0 Å². The molecule has 0 N–H and O–H groups in total. The van der Waals surface area contributed by atoms with Gasteiger partial charge in [0.05, 0.1) is 0 Å². The molecule has 0 aliphatic carbocycles. The average Bonchev–Trinajstić information content (AvgIpc) is 3.45. The van der Waals surface area contributed by atoms with Gasteiger partial charge in [-0.3, -0.25) is 14.4 Å². The summed E-state index contributed by atoms with van der Waals surface area (Å²) in [5.74, 6) is -0.875. The fourth-order valence-corrected chi connectivity index (χ4v) is 10.5. The number of ether oxygens (including phenoxy) is 3. The molecule has 0 fully saturated rings. The molecular formula is C73H134O6. The second-order valence-electron chi connectivity index (χ2n) is 23.8. The van der Waals surface area contributed by atoms with E-state index in [0.29, 0.717) is 19.3 Å². The Bertz CT molecular complexity index is 1360. The van der Waals surface area contributed by atoms with Crippen molar-refractivity contribution in [2.24, 2.45) is 0 Å². The predicted molar refractivity (Wildman–Crippen MR) is 344 cm³/mol. The largest absolute Gasteiger partial charge is 0.462 e. The number of carbonyl (C=O) groups is 3. The van der Waals surface area contributed by atoms with Crippen molar-refractivity contribution in [3.63, 3.8) is 0 Å². The van der Waals surface area contributed by atoms with Gasteiger partial charge in [-0.15, -0.1) is 0 Å². The Hall–Kier alpha value is -2.63. The van der Waals surface area contributed by atoms with Crippen molar-refractivity contribution in [2.45, 2.75) is 386 Å². The van der Waals surface area contributed by atoms with E-state index in [1.54, 1.807) is 0 Å². The SMILES string of the molecule is CCCCCCC/C=C\C/C=C\C/C=C\CCCCCCCCC(=O)OC(COC(=O)CCCCCCC/C=C\CCCCCCC)COC(=O)CCCCCCCCCCCCCCCCCCCCCCCCCCCC. The van der Waals surface area contributed by atoms with Crippen molar-refractivity contribution in [3.05, 3.63) is 48.6 Å². The first-order valence-electron chi connectivity index (χ1n) is 35.1. The first-order chi connectivity index (χ1) is 39.0. The van der Waals surface area contributed by atoms with Gasteiger partial charge in [0.15, 0.2) is 6.10 Å². The van der Waals surface area contributed by atoms with E-state index in [1.165, 1.54) is 257 Å². The van der Waals surface area contributed by atoms with Crippen LogP contribution in [0, 0.1) is 0 Å². The van der Waals surface area contributed by atoms with Crippen LogP contribution in [-0.2, 0) is 28.6 Å². The molecule has 0 aromatic rings. The van der Waals surface area contributed by atoms with Crippen molar-refractivity contribution in [2.75, 3.05) is 13.2 Å². The molecule has 6 heteroatoms. The zero-order valence-electron chi connectivity index (χ0n) is 53.2. The molecule has 6 nitrogen and oxygen atoms in total. The van der Waals surface area contributed by atoms with Crippen LogP contribution in [0.1, 0.15) is 380 Å². The van der Waals surface area contributed by atoms with Crippen LogP contribution < -0.4 is 0 Å². The van der Waals surface area contributed by atoms with Gasteiger partial charge in [-0.2, -0.15) is 0 Å². The molecule has 0 radical (unpaired) electrons. The highest BCUT2D eigenvalue weighted by Crippen LogP contribution is 2.18. The molecule has 0 saturated heterocycles. The molecule has 0 aromatic heterocycles. The molecule has 0 amide bonds. The van der Waals surface area contributed by atoms with Crippen molar-refractivity contribution < 1.29 is 28.6 Å². The number of hydrogen-bond acceptors (Lipinski definition) is 6. The summed E-state index contributed by atoms with van der Waals surface area (Å²) >= 11 is 0. The standard InChI is InChI=1S/C73H134O6/c1-4-7-10-13-16-19-22-25-28-30-32-34-35-36-37-38-40-41-43-45-48-51-54-57-60-63-66-72(75)78-69-70(68-77-71(74)65-62-59-56-53-50-47-27-24-21-18-15-12-9-6-3)79-73(76)67-64-61-58-55-52-49-46-44-42-39-33-31-29-26-23-20-17-14-11-8-5-2/h23-24,26-27,31,33,42,44,70H,4-22,25,28-30,32,34-41,43,45-69H2,1-3H3/b26-23-,27-24-,33-31-,44-42-. The Labute approximate surface area is 492 Å². The monoisotopic (exact) mass is 1110 g/mol. The van der Waals surface area contributed by atoms with E-state index in [4.69, 9.17) is 14.2 Å². The maximum Gasteiger partial charge on any atom is 0.306 e. The van der Waals surface area contributed by atoms with Crippen LogP contribution in [0.4, 0.5) is 0 Å². The van der Waals surface area contributed by atoms with Gasteiger partial charge in [-0.1, -0.05) is 326 Å². The third-order valence-electron chi connectivity index (χ3n) is 15.8. The van der Waals surface area contributed by atoms with Crippen molar-refractivity contribution in [1.29, 1.82) is 0 Å². The van der Waals surface area contributed by atoms with Gasteiger partial charge < -0.3 is 14.2 Å². The molecule has 0 saturated carbocycles. The highest BCUT2D eigenvalue weighted by Gasteiger charge is 2.19. The maximum atomic E-state index is 12.9. The number of esters is 3. The van der Waals surface area contributed by atoms with Gasteiger partial charge in [0.25, 0.3) is 0 Å². The molecule has 0 aliphatic heterocycles. The summed E-state index contributed by atoms with van der Waals surface area (Å²) in [5, 5.41) is 0. The minimum Gasteiger partial charge on any atom is -0.462 e. The summed E-state index contributed by atoms with van der Waals surface area (Å²) in [6.45, 7) is 6.67. The Morgan fingerprint density at radius 1 is 0.253 bits per heavy atom. The van der Waals surface area contributed by atoms with E-state index >= 15 is 0 Å². The number of rotatable bonds is 65. The molecular weight excluding hydrogens is 973 g/mol. The van der Waals surface area contributed by atoms with E-state index in [2.05, 4.69) is 69.4 Å². The van der Waals surface area contributed by atoms with Gasteiger partial charge in [-0.05, 0) is 83.5 Å². The van der Waals surface area contributed by atoms with Crippen LogP contribution >= 0.6 is 0 Å². The van der Waals surface area contributed by atoms with Crippen LogP contribution in [0.2, 0.25) is 0 Å². The topological polar surface area (TPSA) is 78.9 Å². The quantitative estimate of drug-likeness (QED) is 0.0261. The Morgan fingerprint density at radius 2 is 0.456 bits per heavy atom. The first kappa shape index (κ1) is 76.4. The van der Waals surface area contributed by atoms with Gasteiger partial charge in [0.1, 0.15) is 13.2 Å². The Kier molecular flexibility index (Phi) is 65.6. The van der Waals surface area contributed by atoms with E-state index in [9.17, 15) is 14.4 Å². The summed E-state index contributed by atoms with van der Waals surface area (Å²) in [7, 11) is 0. The summed E-state index contributed by atoms with van der Waals surface area (Å²) in [6.07, 6.45) is 85.7. The maximum absolute atomic E-state index is 12.9. The molecule has 0 aliphatic rings. The van der Waals surface area contributed by atoms with Crippen LogP contribution in [0.3, 0.4) is 0 Å². The van der Waals surface area contributed by atoms with Gasteiger partial charge >= 0.3 is 17.9 Å². The molecule has 1 atom stereocenters. The van der Waals surface area contributed by atoms with E-state index in [1.807, 2.05) is 0 Å². The summed E-state index contributed by atoms with van der Waals surface area (Å²) in [4.78, 5) is 38.4. The molecule has 0 spiro atoms. The van der Waals surface area contributed by atoms with Gasteiger partial charge in [0.2, 0.25) is 0 Å². The molecule has 462 valence electrons. The number of unbranched alkanes of at least 4 members (excludes halogenated alkanes) is 46. The van der Waals surface area contributed by atoms with E-state index < -0.39 is 6.10 Å². The Balaban J connectivity index is 4.28. The third kappa shape index (κ3) is 66.1. The first-order valence-corrected chi connectivity index (χ1v) is 35.1. The lowest BCUT2D eigenvalue weighted by Gasteiger charge is -2.18. The second-order valence-corrected chi connectivity index (χ2v) is 23.8. The van der Waals surface area contributed by atoms with Crippen LogP contribution in [0.25, 0.3) is 0 Å². The Morgan fingerprint density at radius 3 is 0.722 bits per heavy atom. The van der Waals surface area contributed by atoms with Gasteiger partial charge in [-0.25, -0.2) is 0 Å². The van der Waals surface area contributed by atoms with Crippen LogP contribution in [0.15, 0.2) is 48.6 Å². The molecule has 0 heterocycles. The minimum absolute atomic E-state index is 0.0774. The lowest BCUT2D eigenvalue weighted by molar-refractivity contribution is -0.167. The van der Waals surface area contributed by atoms with E-state index in [-0.39, 0.29) is 31.1 Å². The zero-order valence-corrected chi connectivity index (χ0v) is 53.2. The summed E-state index contributed by atoms with van der Waals surface area (Å²) in [6, 6.07) is 0. The zero-order chi connectivity index (χ0) is 57.1. The summed E-state index contributed by atoms with van der Waals surface area (Å²) < 4.78 is 17.0. The van der Waals surface area contributed by atoms with Crippen molar-refractivity contribution in [1.82, 2.24) is 0 Å². The third-order valence-corrected chi connectivity index (χ3v) is 15.8. The number of hydrogen-bond donors (Lipinski definition) is 0. The van der Waals surface area contributed by atoms with Gasteiger partial charge in [0, 0.05) is 19.3 Å². The van der Waals surface area contributed by atoms with Crippen LogP contribution in [0.5, 0.6) is 0 Å². The second kappa shape index (κ2) is 67.9.